The molecule has 3 heterocycles. The summed E-state index contributed by atoms with van der Waals surface area (Å²) in [6.07, 6.45) is 1.71. The number of nitrogens with zero attached hydrogens (tertiary/aromatic N) is 4. The van der Waals surface area contributed by atoms with Crippen molar-refractivity contribution in [2.45, 2.75) is 13.5 Å². The molecule has 0 aliphatic carbocycles. The molecule has 0 saturated carbocycles. The summed E-state index contributed by atoms with van der Waals surface area (Å²) in [7, 11) is 0. The van der Waals surface area contributed by atoms with Gasteiger partial charge in [-0.2, -0.15) is 0 Å². The molecule has 110 valence electrons. The number of halogens is 1. The van der Waals surface area contributed by atoms with Gasteiger partial charge in [0.05, 0.1) is 10.7 Å². The van der Waals surface area contributed by atoms with E-state index in [2.05, 4.69) is 31.9 Å². The average molecular weight is 303 g/mol. The largest absolute Gasteiger partial charge is 0.354 e. The second-order valence-electron chi connectivity index (χ2n) is 5.37. The van der Waals surface area contributed by atoms with Crippen molar-refractivity contribution >= 4 is 17.4 Å². The van der Waals surface area contributed by atoms with Crippen molar-refractivity contribution < 1.29 is 0 Å². The van der Waals surface area contributed by atoms with Gasteiger partial charge < -0.3 is 4.90 Å². The van der Waals surface area contributed by atoms with E-state index >= 15 is 0 Å². The Morgan fingerprint density at radius 1 is 1.10 bits per heavy atom. The average Bonchev–Trinajstić information content (AvgIpc) is 2.50. The topological polar surface area (TPSA) is 32.3 Å². The third-order valence-electron chi connectivity index (χ3n) is 3.74. The molecule has 0 N–H and O–H groups in total. The normalized spacial score (nSPS) is 16.2. The Morgan fingerprint density at radius 3 is 2.57 bits per heavy atom. The van der Waals surface area contributed by atoms with Gasteiger partial charge in [0.25, 0.3) is 0 Å². The summed E-state index contributed by atoms with van der Waals surface area (Å²) in [5.41, 5.74) is 2.14. The van der Waals surface area contributed by atoms with Crippen LogP contribution in [0.2, 0.25) is 5.02 Å². The van der Waals surface area contributed by atoms with Crippen LogP contribution in [0.4, 0.5) is 5.82 Å². The molecule has 21 heavy (non-hydrogen) atoms. The highest BCUT2D eigenvalue weighted by Crippen LogP contribution is 2.15. The van der Waals surface area contributed by atoms with Crippen LogP contribution in [0.25, 0.3) is 0 Å². The Hall–Kier alpha value is -1.65. The zero-order chi connectivity index (χ0) is 14.7. The molecule has 0 aromatic carbocycles. The van der Waals surface area contributed by atoms with Crippen molar-refractivity contribution in [2.24, 2.45) is 0 Å². The third kappa shape index (κ3) is 3.71. The number of hydrogen-bond acceptors (Lipinski definition) is 4. The Morgan fingerprint density at radius 2 is 1.90 bits per heavy atom. The first kappa shape index (κ1) is 14.3. The Labute approximate surface area is 130 Å². The first-order valence-corrected chi connectivity index (χ1v) is 7.60. The highest BCUT2D eigenvalue weighted by atomic mass is 35.5. The van der Waals surface area contributed by atoms with Crippen LogP contribution in [0.1, 0.15) is 11.4 Å². The standard InChI is InChI=1S/C16H19ClN4/c1-13-3-2-4-16(19-13)21-9-7-20(8-10-21)12-15-6-5-14(17)11-18-15/h2-6,11H,7-10,12H2,1H3. The SMILES string of the molecule is Cc1cccc(N2CCN(Cc3ccc(Cl)cn3)CC2)n1. The molecule has 2 aromatic rings. The van der Waals surface area contributed by atoms with Gasteiger partial charge in [0.2, 0.25) is 0 Å². The van der Waals surface area contributed by atoms with Crippen LogP contribution in [0.15, 0.2) is 36.5 Å². The number of hydrogen-bond donors (Lipinski definition) is 0. The van der Waals surface area contributed by atoms with Gasteiger partial charge in [-0.15, -0.1) is 0 Å². The smallest absolute Gasteiger partial charge is 0.128 e. The lowest BCUT2D eigenvalue weighted by molar-refractivity contribution is 0.246. The highest BCUT2D eigenvalue weighted by molar-refractivity contribution is 6.30. The van der Waals surface area contributed by atoms with Crippen molar-refractivity contribution in [3.05, 3.63) is 52.9 Å². The minimum atomic E-state index is 0.689. The van der Waals surface area contributed by atoms with E-state index in [1.807, 2.05) is 25.1 Å². The van der Waals surface area contributed by atoms with Gasteiger partial charge in [-0.25, -0.2) is 4.98 Å². The quantitative estimate of drug-likeness (QED) is 0.873. The van der Waals surface area contributed by atoms with Crippen molar-refractivity contribution in [3.8, 4) is 0 Å². The number of anilines is 1. The molecule has 2 aromatic heterocycles. The first-order valence-electron chi connectivity index (χ1n) is 7.22. The fraction of sp³-hybridized carbons (Fsp3) is 0.375. The van der Waals surface area contributed by atoms with E-state index in [4.69, 9.17) is 11.6 Å². The summed E-state index contributed by atoms with van der Waals surface area (Å²) < 4.78 is 0. The predicted molar refractivity (Wildman–Crippen MR) is 85.7 cm³/mol. The van der Waals surface area contributed by atoms with E-state index in [1.54, 1.807) is 6.20 Å². The fourth-order valence-electron chi connectivity index (χ4n) is 2.57. The molecule has 0 atom stereocenters. The van der Waals surface area contributed by atoms with E-state index in [1.165, 1.54) is 0 Å². The maximum atomic E-state index is 5.86. The van der Waals surface area contributed by atoms with Gasteiger partial charge in [-0.1, -0.05) is 17.7 Å². The van der Waals surface area contributed by atoms with E-state index in [0.717, 1.165) is 49.9 Å². The number of aromatic nitrogens is 2. The third-order valence-corrected chi connectivity index (χ3v) is 3.97. The fourth-order valence-corrected chi connectivity index (χ4v) is 2.68. The Balaban J connectivity index is 1.56. The first-order chi connectivity index (χ1) is 10.2. The second-order valence-corrected chi connectivity index (χ2v) is 5.80. The molecule has 3 rings (SSSR count). The van der Waals surface area contributed by atoms with Crippen molar-refractivity contribution in [1.29, 1.82) is 0 Å². The number of aryl methyl sites for hydroxylation is 1. The van der Waals surface area contributed by atoms with Crippen molar-refractivity contribution in [3.63, 3.8) is 0 Å². The molecule has 4 nitrogen and oxygen atoms in total. The zero-order valence-corrected chi connectivity index (χ0v) is 12.9. The van der Waals surface area contributed by atoms with Gasteiger partial charge >= 0.3 is 0 Å². The lowest BCUT2D eigenvalue weighted by Gasteiger charge is -2.35. The minimum absolute atomic E-state index is 0.689. The lowest BCUT2D eigenvalue weighted by atomic mass is 10.2. The Bertz CT molecular complexity index is 591. The Kier molecular flexibility index (Phi) is 4.36. The summed E-state index contributed by atoms with van der Waals surface area (Å²) in [6, 6.07) is 10.1. The van der Waals surface area contributed by atoms with Crippen LogP contribution in [-0.4, -0.2) is 41.0 Å². The van der Waals surface area contributed by atoms with Gasteiger partial charge in [0.15, 0.2) is 0 Å². The van der Waals surface area contributed by atoms with E-state index in [9.17, 15) is 0 Å². The molecule has 1 saturated heterocycles. The minimum Gasteiger partial charge on any atom is -0.354 e. The zero-order valence-electron chi connectivity index (χ0n) is 12.2. The van der Waals surface area contributed by atoms with Gasteiger partial charge in [-0.05, 0) is 31.2 Å². The van der Waals surface area contributed by atoms with Crippen LogP contribution in [0.3, 0.4) is 0 Å². The molecule has 0 spiro atoms. The summed E-state index contributed by atoms with van der Waals surface area (Å²) >= 11 is 5.86. The number of pyridine rings is 2. The molecule has 0 radical (unpaired) electrons. The van der Waals surface area contributed by atoms with Crippen LogP contribution < -0.4 is 4.90 Å². The van der Waals surface area contributed by atoms with Crippen molar-refractivity contribution in [2.75, 3.05) is 31.1 Å². The molecule has 0 amide bonds. The molecular formula is C16H19ClN4. The van der Waals surface area contributed by atoms with Gasteiger partial charge in [0, 0.05) is 44.6 Å². The van der Waals surface area contributed by atoms with E-state index < -0.39 is 0 Å². The van der Waals surface area contributed by atoms with Crippen LogP contribution >= 0.6 is 11.6 Å². The molecule has 0 unspecified atom stereocenters. The maximum absolute atomic E-state index is 5.86. The van der Waals surface area contributed by atoms with Crippen LogP contribution in [-0.2, 0) is 6.54 Å². The monoisotopic (exact) mass is 302 g/mol. The lowest BCUT2D eigenvalue weighted by Crippen LogP contribution is -2.46. The number of rotatable bonds is 3. The van der Waals surface area contributed by atoms with E-state index in [0.29, 0.717) is 5.02 Å². The summed E-state index contributed by atoms with van der Waals surface area (Å²) in [5, 5.41) is 0.689. The molecule has 1 aliphatic rings. The highest BCUT2D eigenvalue weighted by Gasteiger charge is 2.18. The second kappa shape index (κ2) is 6.41. The maximum Gasteiger partial charge on any atom is 0.128 e. The van der Waals surface area contributed by atoms with E-state index in [-0.39, 0.29) is 0 Å². The summed E-state index contributed by atoms with van der Waals surface area (Å²) in [5.74, 6) is 1.08. The molecule has 0 bridgehead atoms. The van der Waals surface area contributed by atoms with Gasteiger partial charge in [0.1, 0.15) is 5.82 Å². The van der Waals surface area contributed by atoms with Crippen molar-refractivity contribution in [1.82, 2.24) is 14.9 Å². The van der Waals surface area contributed by atoms with Crippen LogP contribution in [0.5, 0.6) is 0 Å². The molecule has 1 fully saturated rings. The predicted octanol–water partition coefficient (Wildman–Crippen LogP) is 2.76. The van der Waals surface area contributed by atoms with Crippen LogP contribution in [0, 0.1) is 6.92 Å². The molecule has 1 aliphatic heterocycles. The molecule has 5 heteroatoms. The number of piperazine rings is 1. The van der Waals surface area contributed by atoms with Gasteiger partial charge in [-0.3, -0.25) is 9.88 Å². The molecular weight excluding hydrogens is 284 g/mol. The summed E-state index contributed by atoms with van der Waals surface area (Å²) in [6.45, 7) is 6.98. The summed E-state index contributed by atoms with van der Waals surface area (Å²) in [4.78, 5) is 13.7.